The summed E-state index contributed by atoms with van der Waals surface area (Å²) in [5.41, 5.74) is -2.13. The summed E-state index contributed by atoms with van der Waals surface area (Å²) in [6, 6.07) is 1.54. The lowest BCUT2D eigenvalue weighted by molar-refractivity contribution is -0.140. The highest BCUT2D eigenvalue weighted by Gasteiger charge is 2.35. The van der Waals surface area contributed by atoms with E-state index in [2.05, 4.69) is 15.9 Å². The van der Waals surface area contributed by atoms with E-state index in [0.29, 0.717) is 6.07 Å². The van der Waals surface area contributed by atoms with E-state index in [4.69, 9.17) is 5.11 Å². The third kappa shape index (κ3) is 2.72. The van der Waals surface area contributed by atoms with Gasteiger partial charge < -0.3 is 5.11 Å². The number of benzene rings is 1. The first kappa shape index (κ1) is 13.0. The van der Waals surface area contributed by atoms with Crippen molar-refractivity contribution in [3.63, 3.8) is 0 Å². The maximum absolute atomic E-state index is 13.3. The highest BCUT2D eigenvalue weighted by molar-refractivity contribution is 9.10. The van der Waals surface area contributed by atoms with Gasteiger partial charge in [-0.1, -0.05) is 0 Å². The largest absolute Gasteiger partial charge is 0.481 e. The number of hydrogen-bond donors (Lipinski definition) is 1. The molecule has 0 aromatic heterocycles. The van der Waals surface area contributed by atoms with Crippen LogP contribution in [-0.4, -0.2) is 11.1 Å². The second-order valence-corrected chi connectivity index (χ2v) is 3.81. The minimum absolute atomic E-state index is 0.197. The zero-order valence-electron chi connectivity index (χ0n) is 7.61. The summed E-state index contributed by atoms with van der Waals surface area (Å²) >= 11 is 2.70. The predicted molar refractivity (Wildman–Crippen MR) is 50.4 cm³/mol. The molecular weight excluding hydrogens is 296 g/mol. The van der Waals surface area contributed by atoms with Crippen LogP contribution in [0.25, 0.3) is 0 Å². The Morgan fingerprint density at radius 2 is 1.94 bits per heavy atom. The number of alkyl halides is 3. The van der Waals surface area contributed by atoms with Gasteiger partial charge in [0.25, 0.3) is 0 Å². The summed E-state index contributed by atoms with van der Waals surface area (Å²) in [5, 5.41) is 8.42. The van der Waals surface area contributed by atoms with Gasteiger partial charge in [0.05, 0.1) is 16.5 Å². The molecule has 0 saturated heterocycles. The van der Waals surface area contributed by atoms with Gasteiger partial charge in [0, 0.05) is 5.56 Å². The van der Waals surface area contributed by atoms with E-state index in [9.17, 15) is 22.4 Å². The molecule has 0 fully saturated rings. The van der Waals surface area contributed by atoms with E-state index in [1.54, 1.807) is 0 Å². The Bertz CT molecular complexity index is 428. The Hall–Kier alpha value is -1.11. The molecule has 16 heavy (non-hydrogen) atoms. The van der Waals surface area contributed by atoms with E-state index in [1.165, 1.54) is 0 Å². The lowest BCUT2D eigenvalue weighted by atomic mass is 10.0. The Morgan fingerprint density at radius 1 is 1.38 bits per heavy atom. The molecule has 0 amide bonds. The highest BCUT2D eigenvalue weighted by Crippen LogP contribution is 2.35. The van der Waals surface area contributed by atoms with Gasteiger partial charge in [-0.15, -0.1) is 0 Å². The normalized spacial score (nSPS) is 11.6. The molecular formula is C9H5BrF4O2. The van der Waals surface area contributed by atoms with E-state index >= 15 is 0 Å². The van der Waals surface area contributed by atoms with Crippen LogP contribution in [0.1, 0.15) is 11.1 Å². The van der Waals surface area contributed by atoms with Gasteiger partial charge in [0.1, 0.15) is 5.82 Å². The lowest BCUT2D eigenvalue weighted by Gasteiger charge is -2.13. The number of aliphatic carboxylic acids is 1. The molecule has 0 bridgehead atoms. The van der Waals surface area contributed by atoms with Crippen molar-refractivity contribution in [3.05, 3.63) is 33.5 Å². The molecule has 7 heteroatoms. The Kier molecular flexibility index (Phi) is 3.57. The van der Waals surface area contributed by atoms with Crippen molar-refractivity contribution in [3.8, 4) is 0 Å². The predicted octanol–water partition coefficient (Wildman–Crippen LogP) is 3.23. The van der Waals surface area contributed by atoms with Gasteiger partial charge in [-0.2, -0.15) is 13.2 Å². The molecule has 0 aliphatic heterocycles. The molecule has 1 rings (SSSR count). The molecule has 0 aliphatic carbocycles. The molecule has 2 nitrogen and oxygen atoms in total. The van der Waals surface area contributed by atoms with Crippen molar-refractivity contribution < 1.29 is 27.5 Å². The molecule has 88 valence electrons. The minimum atomic E-state index is -4.77. The molecule has 0 heterocycles. The molecule has 1 aromatic rings. The summed E-state index contributed by atoms with van der Waals surface area (Å²) in [5.74, 6) is -2.72. The summed E-state index contributed by atoms with van der Waals surface area (Å²) in [6.45, 7) is 0. The van der Waals surface area contributed by atoms with Crippen molar-refractivity contribution in [1.29, 1.82) is 0 Å². The fraction of sp³-hybridized carbons (Fsp3) is 0.222. The average Bonchev–Trinajstić information content (AvgIpc) is 2.10. The maximum Gasteiger partial charge on any atom is 0.416 e. The fourth-order valence-corrected chi connectivity index (χ4v) is 1.55. The van der Waals surface area contributed by atoms with Gasteiger partial charge in [0.15, 0.2) is 0 Å². The second kappa shape index (κ2) is 4.40. The lowest BCUT2D eigenvalue weighted by Crippen LogP contribution is -2.14. The molecule has 0 spiro atoms. The molecule has 0 atom stereocenters. The number of carbonyl (C=O) groups is 1. The first-order chi connectivity index (χ1) is 7.23. The smallest absolute Gasteiger partial charge is 0.416 e. The van der Waals surface area contributed by atoms with E-state index in [0.717, 1.165) is 6.07 Å². The second-order valence-electron chi connectivity index (χ2n) is 2.96. The summed E-state index contributed by atoms with van der Waals surface area (Å²) < 4.78 is 50.5. The monoisotopic (exact) mass is 300 g/mol. The van der Waals surface area contributed by atoms with Crippen LogP contribution in [-0.2, 0) is 17.4 Å². The van der Waals surface area contributed by atoms with Crippen LogP contribution in [0.2, 0.25) is 0 Å². The van der Waals surface area contributed by atoms with Gasteiger partial charge >= 0.3 is 12.1 Å². The zero-order chi connectivity index (χ0) is 12.5. The molecule has 0 aliphatic rings. The third-order valence-electron chi connectivity index (χ3n) is 1.83. The number of halogens is 5. The zero-order valence-corrected chi connectivity index (χ0v) is 9.19. The number of rotatable bonds is 2. The Labute approximate surface area is 96.0 Å². The standard InChI is InChI=1S/C9H5BrF4O2/c10-6-2-1-5(9(12,13)14)4(8(6)11)3-7(15)16/h1-2H,3H2,(H,15,16). The van der Waals surface area contributed by atoms with E-state index in [-0.39, 0.29) is 4.47 Å². The topological polar surface area (TPSA) is 37.3 Å². The maximum atomic E-state index is 13.3. The SMILES string of the molecule is O=C(O)Cc1c(C(F)(F)F)ccc(Br)c1F. The van der Waals surface area contributed by atoms with Crippen molar-refractivity contribution in [2.24, 2.45) is 0 Å². The molecule has 0 radical (unpaired) electrons. The number of hydrogen-bond acceptors (Lipinski definition) is 1. The molecule has 1 aromatic carbocycles. The van der Waals surface area contributed by atoms with E-state index in [1.807, 2.05) is 0 Å². The van der Waals surface area contributed by atoms with Gasteiger partial charge in [-0.3, -0.25) is 4.79 Å². The van der Waals surface area contributed by atoms with Crippen LogP contribution in [0, 0.1) is 5.82 Å². The van der Waals surface area contributed by atoms with Crippen LogP contribution in [0.3, 0.4) is 0 Å². The quantitative estimate of drug-likeness (QED) is 0.852. The average molecular weight is 301 g/mol. The van der Waals surface area contributed by atoms with Crippen molar-refractivity contribution in [2.45, 2.75) is 12.6 Å². The summed E-state index contributed by atoms with van der Waals surface area (Å²) in [6.07, 6.45) is -5.79. The fourth-order valence-electron chi connectivity index (χ4n) is 1.18. The van der Waals surface area contributed by atoms with Gasteiger partial charge in [0.2, 0.25) is 0 Å². The van der Waals surface area contributed by atoms with Crippen molar-refractivity contribution in [2.75, 3.05) is 0 Å². The third-order valence-corrected chi connectivity index (χ3v) is 2.44. The summed E-state index contributed by atoms with van der Waals surface area (Å²) in [4.78, 5) is 10.4. The Morgan fingerprint density at radius 3 is 2.38 bits per heavy atom. The van der Waals surface area contributed by atoms with Crippen LogP contribution >= 0.6 is 15.9 Å². The van der Waals surface area contributed by atoms with E-state index < -0.39 is 35.5 Å². The van der Waals surface area contributed by atoms with Crippen LogP contribution in [0.15, 0.2) is 16.6 Å². The molecule has 1 N–H and O–H groups in total. The van der Waals surface area contributed by atoms with Gasteiger partial charge in [-0.25, -0.2) is 4.39 Å². The van der Waals surface area contributed by atoms with Crippen LogP contribution in [0.5, 0.6) is 0 Å². The minimum Gasteiger partial charge on any atom is -0.481 e. The Balaban J connectivity index is 3.39. The molecule has 0 saturated carbocycles. The first-order valence-corrected chi connectivity index (χ1v) is 4.78. The first-order valence-electron chi connectivity index (χ1n) is 3.99. The van der Waals surface area contributed by atoms with Gasteiger partial charge in [-0.05, 0) is 28.1 Å². The highest BCUT2D eigenvalue weighted by atomic mass is 79.9. The van der Waals surface area contributed by atoms with Crippen molar-refractivity contribution >= 4 is 21.9 Å². The number of carboxylic acids is 1. The number of carboxylic acid groups (broad SMARTS) is 1. The van der Waals surface area contributed by atoms with Crippen LogP contribution in [0.4, 0.5) is 17.6 Å². The summed E-state index contributed by atoms with van der Waals surface area (Å²) in [7, 11) is 0. The molecule has 0 unspecified atom stereocenters. The van der Waals surface area contributed by atoms with Crippen molar-refractivity contribution in [1.82, 2.24) is 0 Å². The van der Waals surface area contributed by atoms with Crippen LogP contribution < -0.4 is 0 Å².